The molecule has 0 bridgehead atoms. The van der Waals surface area contributed by atoms with Gasteiger partial charge in [-0.1, -0.05) is 17.7 Å². The molecular formula is C16H18ClN5O3. The molecule has 2 aromatic heterocycles. The molecule has 9 heteroatoms. The average Bonchev–Trinajstić information content (AvgIpc) is 2.60. The Bertz CT molecular complexity index is 829. The van der Waals surface area contributed by atoms with Crippen molar-refractivity contribution in [1.82, 2.24) is 19.7 Å². The lowest BCUT2D eigenvalue weighted by Gasteiger charge is -2.30. The van der Waals surface area contributed by atoms with E-state index in [-0.39, 0.29) is 10.7 Å². The van der Waals surface area contributed by atoms with Crippen LogP contribution >= 0.6 is 11.6 Å². The molecule has 1 aliphatic rings. The second-order valence-corrected chi connectivity index (χ2v) is 6.34. The standard InChI is InChI=1S/C16H18ClN5O3/c1-21-15(23)12(8-13(17)20-21)19-14-3-2-11(9-18-14)10-4-6-22(7-5-10)16(24)25/h2-3,8-10H,4-7H2,1H3,(H,18,19)(H,24,25). The lowest BCUT2D eigenvalue weighted by molar-refractivity contribution is 0.132. The molecule has 3 rings (SSSR count). The number of rotatable bonds is 3. The minimum atomic E-state index is -0.867. The van der Waals surface area contributed by atoms with E-state index in [1.165, 1.54) is 18.0 Å². The highest BCUT2D eigenvalue weighted by Gasteiger charge is 2.23. The average molecular weight is 364 g/mol. The number of pyridine rings is 1. The summed E-state index contributed by atoms with van der Waals surface area (Å²) in [6.45, 7) is 1.07. The maximum Gasteiger partial charge on any atom is 0.407 e. The first kappa shape index (κ1) is 17.2. The Balaban J connectivity index is 1.69. The molecule has 0 aromatic carbocycles. The van der Waals surface area contributed by atoms with Crippen molar-refractivity contribution in [2.45, 2.75) is 18.8 Å². The van der Waals surface area contributed by atoms with Gasteiger partial charge in [0.25, 0.3) is 5.56 Å². The van der Waals surface area contributed by atoms with Gasteiger partial charge in [0.1, 0.15) is 11.5 Å². The summed E-state index contributed by atoms with van der Waals surface area (Å²) < 4.78 is 1.16. The van der Waals surface area contributed by atoms with Crippen LogP contribution in [0, 0.1) is 0 Å². The molecule has 0 unspecified atom stereocenters. The Morgan fingerprint density at radius 2 is 2.08 bits per heavy atom. The van der Waals surface area contributed by atoms with Crippen molar-refractivity contribution in [2.24, 2.45) is 7.05 Å². The molecule has 1 aliphatic heterocycles. The number of aryl methyl sites for hydroxylation is 1. The van der Waals surface area contributed by atoms with Gasteiger partial charge in [0.05, 0.1) is 0 Å². The number of carbonyl (C=O) groups is 1. The first-order valence-electron chi connectivity index (χ1n) is 7.89. The summed E-state index contributed by atoms with van der Waals surface area (Å²) in [6.07, 6.45) is 2.45. The molecule has 8 nitrogen and oxygen atoms in total. The molecule has 132 valence electrons. The molecule has 0 spiro atoms. The van der Waals surface area contributed by atoms with E-state index in [0.29, 0.717) is 30.5 Å². The second kappa shape index (κ2) is 7.10. The lowest BCUT2D eigenvalue weighted by atomic mass is 9.91. The van der Waals surface area contributed by atoms with Gasteiger partial charge in [-0.15, -0.1) is 0 Å². The number of hydrogen-bond acceptors (Lipinski definition) is 5. The summed E-state index contributed by atoms with van der Waals surface area (Å²) in [5.41, 5.74) is 1.07. The minimum absolute atomic E-state index is 0.214. The molecule has 1 saturated heterocycles. The van der Waals surface area contributed by atoms with E-state index in [4.69, 9.17) is 16.7 Å². The first-order chi connectivity index (χ1) is 11.9. The molecule has 1 amide bonds. The summed E-state index contributed by atoms with van der Waals surface area (Å²) in [7, 11) is 1.53. The van der Waals surface area contributed by atoms with E-state index in [2.05, 4.69) is 15.4 Å². The van der Waals surface area contributed by atoms with Crippen LogP contribution in [0.3, 0.4) is 0 Å². The van der Waals surface area contributed by atoms with Crippen LogP contribution in [0.25, 0.3) is 0 Å². The zero-order valence-corrected chi connectivity index (χ0v) is 14.4. The molecule has 2 aromatic rings. The fraction of sp³-hybridized carbons (Fsp3) is 0.375. The van der Waals surface area contributed by atoms with E-state index in [9.17, 15) is 9.59 Å². The summed E-state index contributed by atoms with van der Waals surface area (Å²) >= 11 is 5.87. The SMILES string of the molecule is Cn1nc(Cl)cc(Nc2ccc(C3CCN(C(=O)O)CC3)cn2)c1=O. The van der Waals surface area contributed by atoms with Gasteiger partial charge in [-0.25, -0.2) is 14.5 Å². The maximum atomic E-state index is 12.0. The zero-order valence-electron chi connectivity index (χ0n) is 13.6. The third-order valence-electron chi connectivity index (χ3n) is 4.32. The molecule has 0 radical (unpaired) electrons. The monoisotopic (exact) mass is 363 g/mol. The number of likely N-dealkylation sites (tertiary alicyclic amines) is 1. The highest BCUT2D eigenvalue weighted by Crippen LogP contribution is 2.28. The van der Waals surface area contributed by atoms with Crippen LogP contribution in [0.1, 0.15) is 24.3 Å². The summed E-state index contributed by atoms with van der Waals surface area (Å²) in [5.74, 6) is 0.825. The molecule has 0 saturated carbocycles. The molecule has 25 heavy (non-hydrogen) atoms. The van der Waals surface area contributed by atoms with Crippen molar-refractivity contribution in [3.8, 4) is 0 Å². The largest absolute Gasteiger partial charge is 0.465 e. The van der Waals surface area contributed by atoms with Gasteiger partial charge in [-0.05, 0) is 30.4 Å². The molecule has 0 atom stereocenters. The molecule has 1 fully saturated rings. The van der Waals surface area contributed by atoms with Crippen LogP contribution in [0.4, 0.5) is 16.3 Å². The van der Waals surface area contributed by atoms with Crippen LogP contribution in [0.2, 0.25) is 5.15 Å². The number of nitrogens with zero attached hydrogens (tertiary/aromatic N) is 4. The number of halogens is 1. The van der Waals surface area contributed by atoms with Gasteiger partial charge >= 0.3 is 6.09 Å². The number of hydrogen-bond donors (Lipinski definition) is 2. The Morgan fingerprint density at radius 1 is 1.36 bits per heavy atom. The van der Waals surface area contributed by atoms with E-state index < -0.39 is 6.09 Å². The number of aromatic nitrogens is 3. The number of amides is 1. The Kier molecular flexibility index (Phi) is 4.89. The molecule has 0 aliphatic carbocycles. The Hall–Kier alpha value is -2.61. The van der Waals surface area contributed by atoms with Crippen LogP contribution < -0.4 is 10.9 Å². The van der Waals surface area contributed by atoms with E-state index >= 15 is 0 Å². The van der Waals surface area contributed by atoms with Gasteiger partial charge in [0.15, 0.2) is 5.15 Å². The fourth-order valence-electron chi connectivity index (χ4n) is 2.93. The summed E-state index contributed by atoms with van der Waals surface area (Å²) in [4.78, 5) is 28.8. The van der Waals surface area contributed by atoms with Crippen LogP contribution in [-0.4, -0.2) is 44.0 Å². The third-order valence-corrected chi connectivity index (χ3v) is 4.50. The zero-order chi connectivity index (χ0) is 18.0. The first-order valence-corrected chi connectivity index (χ1v) is 8.26. The van der Waals surface area contributed by atoms with Crippen LogP contribution in [-0.2, 0) is 7.05 Å². The molecular weight excluding hydrogens is 346 g/mol. The molecule has 3 heterocycles. The number of piperidine rings is 1. The van der Waals surface area contributed by atoms with Gasteiger partial charge in [0, 0.05) is 32.4 Å². The molecule has 2 N–H and O–H groups in total. The Morgan fingerprint density at radius 3 is 2.68 bits per heavy atom. The van der Waals surface area contributed by atoms with Crippen molar-refractivity contribution in [3.05, 3.63) is 45.5 Å². The smallest absolute Gasteiger partial charge is 0.407 e. The predicted octanol–water partition coefficient (Wildman–Crippen LogP) is 2.43. The number of carboxylic acid groups (broad SMARTS) is 1. The minimum Gasteiger partial charge on any atom is -0.465 e. The quantitative estimate of drug-likeness (QED) is 0.868. The van der Waals surface area contributed by atoms with E-state index in [1.807, 2.05) is 6.07 Å². The van der Waals surface area contributed by atoms with Crippen LogP contribution in [0.15, 0.2) is 29.2 Å². The van der Waals surface area contributed by atoms with Crippen molar-refractivity contribution in [2.75, 3.05) is 18.4 Å². The fourth-order valence-corrected chi connectivity index (χ4v) is 3.15. The topological polar surface area (TPSA) is 100 Å². The van der Waals surface area contributed by atoms with Crippen molar-refractivity contribution >= 4 is 29.2 Å². The number of nitrogens with one attached hydrogen (secondary N) is 1. The summed E-state index contributed by atoms with van der Waals surface area (Å²) in [5, 5.41) is 16.0. The normalized spacial score (nSPS) is 15.2. The highest BCUT2D eigenvalue weighted by atomic mass is 35.5. The maximum absolute atomic E-state index is 12.0. The van der Waals surface area contributed by atoms with E-state index in [0.717, 1.165) is 23.1 Å². The number of anilines is 2. The van der Waals surface area contributed by atoms with Gasteiger partial charge in [-0.3, -0.25) is 4.79 Å². The van der Waals surface area contributed by atoms with Crippen molar-refractivity contribution in [3.63, 3.8) is 0 Å². The van der Waals surface area contributed by atoms with Crippen LogP contribution in [0.5, 0.6) is 0 Å². The van der Waals surface area contributed by atoms with E-state index in [1.54, 1.807) is 12.3 Å². The lowest BCUT2D eigenvalue weighted by Crippen LogP contribution is -2.36. The third kappa shape index (κ3) is 3.90. The highest BCUT2D eigenvalue weighted by molar-refractivity contribution is 6.29. The van der Waals surface area contributed by atoms with Gasteiger partial charge in [0.2, 0.25) is 0 Å². The summed E-state index contributed by atoms with van der Waals surface area (Å²) in [6, 6.07) is 5.21. The van der Waals surface area contributed by atoms with Crippen molar-refractivity contribution < 1.29 is 9.90 Å². The predicted molar refractivity (Wildman–Crippen MR) is 93.6 cm³/mol. The second-order valence-electron chi connectivity index (χ2n) is 5.96. The van der Waals surface area contributed by atoms with Crippen molar-refractivity contribution in [1.29, 1.82) is 0 Å². The van der Waals surface area contributed by atoms with Gasteiger partial charge < -0.3 is 15.3 Å². The Labute approximate surface area is 149 Å². The van der Waals surface area contributed by atoms with Gasteiger partial charge in [-0.2, -0.15) is 5.10 Å².